The molecule has 0 saturated carbocycles. The molecule has 1 aromatic heterocycles. The Balaban J connectivity index is 2.00. The van der Waals surface area contributed by atoms with E-state index in [0.29, 0.717) is 0 Å². The van der Waals surface area contributed by atoms with Crippen LogP contribution in [0.1, 0.15) is 35.4 Å². The second kappa shape index (κ2) is 9.77. The van der Waals surface area contributed by atoms with E-state index in [2.05, 4.69) is 73.4 Å². The lowest BCUT2D eigenvalue weighted by atomic mass is 10.0. The maximum atomic E-state index is 5.51. The number of nitrogens with one attached hydrogen (secondary N) is 3. The Hall–Kier alpha value is -1.43. The summed E-state index contributed by atoms with van der Waals surface area (Å²) < 4.78 is 0. The van der Waals surface area contributed by atoms with Gasteiger partial charge in [-0.2, -0.15) is 0 Å². The molecule has 130 valence electrons. The van der Waals surface area contributed by atoms with Gasteiger partial charge in [0.25, 0.3) is 0 Å². The Morgan fingerprint density at radius 3 is 2.54 bits per heavy atom. The van der Waals surface area contributed by atoms with Crippen LogP contribution in [0.25, 0.3) is 0 Å². The van der Waals surface area contributed by atoms with Gasteiger partial charge in [0.2, 0.25) is 0 Å². The van der Waals surface area contributed by atoms with Gasteiger partial charge >= 0.3 is 0 Å². The van der Waals surface area contributed by atoms with Crippen LogP contribution in [-0.2, 0) is 6.42 Å². The number of hydrogen-bond donors (Lipinski definition) is 3. The van der Waals surface area contributed by atoms with Crippen LogP contribution in [0.15, 0.2) is 41.8 Å². The summed E-state index contributed by atoms with van der Waals surface area (Å²) in [5.74, 6) is 0. The number of quaternary nitrogens is 1. The van der Waals surface area contributed by atoms with Crippen LogP contribution in [0, 0.1) is 0 Å². The molecule has 24 heavy (non-hydrogen) atoms. The van der Waals surface area contributed by atoms with E-state index in [1.165, 1.54) is 20.9 Å². The van der Waals surface area contributed by atoms with E-state index >= 15 is 0 Å². The Labute approximate surface area is 155 Å². The number of thiophene rings is 1. The van der Waals surface area contributed by atoms with E-state index in [1.54, 1.807) is 11.3 Å². The van der Waals surface area contributed by atoms with Gasteiger partial charge in [-0.1, -0.05) is 37.3 Å². The fourth-order valence-corrected chi connectivity index (χ4v) is 3.57. The predicted octanol–water partition coefficient (Wildman–Crippen LogP) is 2.40. The maximum absolute atomic E-state index is 5.51. The van der Waals surface area contributed by atoms with Crippen molar-refractivity contribution in [2.24, 2.45) is 0 Å². The van der Waals surface area contributed by atoms with Crippen molar-refractivity contribution in [1.82, 2.24) is 10.6 Å². The molecule has 0 radical (unpaired) electrons. The van der Waals surface area contributed by atoms with E-state index in [9.17, 15) is 0 Å². The summed E-state index contributed by atoms with van der Waals surface area (Å²) in [5, 5.41) is 9.66. The maximum Gasteiger partial charge on any atom is 0.167 e. The molecule has 0 unspecified atom stereocenters. The highest BCUT2D eigenvalue weighted by Gasteiger charge is 2.16. The number of benzene rings is 1. The molecular formula is C19H28N3S2+. The lowest BCUT2D eigenvalue weighted by molar-refractivity contribution is -0.858. The molecule has 1 heterocycles. The molecule has 1 aromatic carbocycles. The fourth-order valence-electron chi connectivity index (χ4n) is 2.55. The van der Waals surface area contributed by atoms with Crippen LogP contribution < -0.4 is 15.5 Å². The molecule has 3 N–H and O–H groups in total. The first-order valence-electron chi connectivity index (χ1n) is 8.55. The predicted molar refractivity (Wildman–Crippen MR) is 108 cm³/mol. The zero-order valence-electron chi connectivity index (χ0n) is 14.8. The lowest BCUT2D eigenvalue weighted by Crippen LogP contribution is -3.05. The van der Waals surface area contributed by atoms with Crippen molar-refractivity contribution >= 4 is 28.7 Å². The summed E-state index contributed by atoms with van der Waals surface area (Å²) in [4.78, 5) is 2.74. The quantitative estimate of drug-likeness (QED) is 0.497. The van der Waals surface area contributed by atoms with Crippen LogP contribution in [0.3, 0.4) is 0 Å². The Morgan fingerprint density at radius 1 is 1.21 bits per heavy atom. The monoisotopic (exact) mass is 362 g/mol. The van der Waals surface area contributed by atoms with Gasteiger partial charge in [-0.25, -0.2) is 0 Å². The van der Waals surface area contributed by atoms with E-state index in [4.69, 9.17) is 12.2 Å². The SMILES string of the molecule is CCc1ccc([C@H](NC(=S)NCCC[NH+](C)C)c2cccs2)cc1. The first kappa shape index (κ1) is 18.9. The standard InChI is InChI=1S/C19H27N3S2/c1-4-15-8-10-16(11-9-15)18(17-7-5-14-24-17)21-19(23)20-12-6-13-22(2)3/h5,7-11,14,18H,4,6,12-13H2,1-3H3,(H2,20,21,23)/p+1/t18-/m0/s1. The van der Waals surface area contributed by atoms with Gasteiger partial charge in [0.05, 0.1) is 26.7 Å². The minimum atomic E-state index is 0.107. The van der Waals surface area contributed by atoms with Gasteiger partial charge in [0.1, 0.15) is 0 Å². The zero-order chi connectivity index (χ0) is 17.4. The van der Waals surface area contributed by atoms with Crippen LogP contribution >= 0.6 is 23.6 Å². The first-order valence-corrected chi connectivity index (χ1v) is 9.84. The van der Waals surface area contributed by atoms with Crippen molar-refractivity contribution in [3.8, 4) is 0 Å². The number of thiocarbonyl (C=S) groups is 1. The van der Waals surface area contributed by atoms with Crippen molar-refractivity contribution in [3.63, 3.8) is 0 Å². The summed E-state index contributed by atoms with van der Waals surface area (Å²) in [6.45, 7) is 4.23. The summed E-state index contributed by atoms with van der Waals surface area (Å²) in [7, 11) is 4.34. The third-order valence-corrected chi connectivity index (χ3v) is 5.16. The van der Waals surface area contributed by atoms with Crippen molar-refractivity contribution in [2.45, 2.75) is 25.8 Å². The molecule has 0 aliphatic rings. The number of hydrogen-bond acceptors (Lipinski definition) is 2. The van der Waals surface area contributed by atoms with Crippen molar-refractivity contribution in [1.29, 1.82) is 0 Å². The normalized spacial score (nSPS) is 12.2. The second-order valence-corrected chi connectivity index (χ2v) is 7.64. The molecule has 0 spiro atoms. The Kier molecular flexibility index (Phi) is 7.69. The van der Waals surface area contributed by atoms with Gasteiger partial charge in [-0.3, -0.25) is 0 Å². The van der Waals surface area contributed by atoms with Gasteiger partial charge in [0, 0.05) is 17.8 Å². The molecule has 2 rings (SSSR count). The molecule has 2 aromatic rings. The molecule has 0 saturated heterocycles. The fraction of sp³-hybridized carbons (Fsp3) is 0.421. The van der Waals surface area contributed by atoms with E-state index in [0.717, 1.165) is 31.0 Å². The molecule has 1 atom stereocenters. The van der Waals surface area contributed by atoms with Crippen LogP contribution in [0.5, 0.6) is 0 Å². The summed E-state index contributed by atoms with van der Waals surface area (Å²) in [6, 6.07) is 13.2. The minimum Gasteiger partial charge on any atom is -0.362 e. The topological polar surface area (TPSA) is 28.5 Å². The Bertz CT molecular complexity index is 606. The van der Waals surface area contributed by atoms with Crippen LogP contribution in [-0.4, -0.2) is 32.3 Å². The molecule has 0 amide bonds. The molecule has 3 nitrogen and oxygen atoms in total. The van der Waals surface area contributed by atoms with E-state index in [-0.39, 0.29) is 6.04 Å². The zero-order valence-corrected chi connectivity index (χ0v) is 16.4. The molecule has 0 fully saturated rings. The molecule has 0 aliphatic heterocycles. The lowest BCUT2D eigenvalue weighted by Gasteiger charge is -2.21. The molecule has 0 aliphatic carbocycles. The molecular weight excluding hydrogens is 334 g/mol. The average Bonchev–Trinajstić information content (AvgIpc) is 3.11. The average molecular weight is 363 g/mol. The third kappa shape index (κ3) is 5.89. The second-order valence-electron chi connectivity index (χ2n) is 6.25. The van der Waals surface area contributed by atoms with Crippen LogP contribution in [0.4, 0.5) is 0 Å². The highest BCUT2D eigenvalue weighted by atomic mass is 32.1. The third-order valence-electron chi connectivity index (χ3n) is 3.96. The first-order chi connectivity index (χ1) is 11.6. The largest absolute Gasteiger partial charge is 0.362 e. The van der Waals surface area contributed by atoms with E-state index < -0.39 is 0 Å². The van der Waals surface area contributed by atoms with Crippen molar-refractivity contribution in [2.75, 3.05) is 27.2 Å². The van der Waals surface area contributed by atoms with Crippen molar-refractivity contribution < 1.29 is 4.90 Å². The molecule has 5 heteroatoms. The van der Waals surface area contributed by atoms with Gasteiger partial charge in [-0.05, 0) is 41.2 Å². The van der Waals surface area contributed by atoms with Gasteiger partial charge in [0.15, 0.2) is 5.11 Å². The van der Waals surface area contributed by atoms with Gasteiger partial charge in [-0.15, -0.1) is 11.3 Å². The number of rotatable bonds is 8. The summed E-state index contributed by atoms with van der Waals surface area (Å²) in [6.07, 6.45) is 2.17. The highest BCUT2D eigenvalue weighted by molar-refractivity contribution is 7.80. The van der Waals surface area contributed by atoms with Crippen LogP contribution in [0.2, 0.25) is 0 Å². The summed E-state index contributed by atoms with van der Waals surface area (Å²) >= 11 is 7.26. The summed E-state index contributed by atoms with van der Waals surface area (Å²) in [5.41, 5.74) is 2.60. The minimum absolute atomic E-state index is 0.107. The smallest absolute Gasteiger partial charge is 0.167 e. The number of aryl methyl sites for hydroxylation is 1. The van der Waals surface area contributed by atoms with Gasteiger partial charge < -0.3 is 15.5 Å². The highest BCUT2D eigenvalue weighted by Crippen LogP contribution is 2.26. The Morgan fingerprint density at radius 2 is 1.96 bits per heavy atom. The van der Waals surface area contributed by atoms with E-state index in [1.807, 2.05) is 0 Å². The molecule has 0 bridgehead atoms. The van der Waals surface area contributed by atoms with Crippen molar-refractivity contribution in [3.05, 3.63) is 57.8 Å².